The van der Waals surface area contributed by atoms with Gasteiger partial charge in [-0.05, 0) is 25.7 Å². The highest BCUT2D eigenvalue weighted by Crippen LogP contribution is 2.13. The quantitative estimate of drug-likeness (QED) is 0.226. The molecule has 0 fully saturated rings. The summed E-state index contributed by atoms with van der Waals surface area (Å²) < 4.78 is 1.20. The zero-order valence-electron chi connectivity index (χ0n) is 15.5. The number of nitrogens with zero attached hydrogens (tertiary/aromatic N) is 1. The van der Waals surface area contributed by atoms with Crippen LogP contribution in [0.4, 0.5) is 0 Å². The molecule has 0 saturated carbocycles. The molecule has 0 aromatic carbocycles. The molecule has 0 spiro atoms. The van der Waals surface area contributed by atoms with Gasteiger partial charge < -0.3 is 16.9 Å². The van der Waals surface area contributed by atoms with Gasteiger partial charge in [0, 0.05) is 0 Å². The molecule has 0 N–H and O–H groups in total. The topological polar surface area (TPSA) is 0 Å². The van der Waals surface area contributed by atoms with E-state index in [4.69, 9.17) is 11.6 Å². The molecule has 0 aliphatic heterocycles. The van der Waals surface area contributed by atoms with E-state index < -0.39 is 0 Å². The van der Waals surface area contributed by atoms with E-state index >= 15 is 0 Å². The van der Waals surface area contributed by atoms with Crippen molar-refractivity contribution < 1.29 is 16.9 Å². The third-order valence-electron chi connectivity index (χ3n) is 4.73. The van der Waals surface area contributed by atoms with Gasteiger partial charge in [0.25, 0.3) is 0 Å². The largest absolute Gasteiger partial charge is 1.00 e. The van der Waals surface area contributed by atoms with Crippen molar-refractivity contribution in [1.29, 1.82) is 0 Å². The Morgan fingerprint density at radius 2 is 0.955 bits per heavy atom. The first-order chi connectivity index (χ1) is 10.2. The zero-order chi connectivity index (χ0) is 15.8. The lowest BCUT2D eigenvalue weighted by atomic mass is 10.1. The van der Waals surface area contributed by atoms with Gasteiger partial charge in [-0.15, -0.1) is 11.6 Å². The molecule has 0 amide bonds. The Labute approximate surface area is 152 Å². The van der Waals surface area contributed by atoms with Gasteiger partial charge in [0.05, 0.1) is 32.6 Å². The highest BCUT2D eigenvalue weighted by atomic mass is 35.5. The minimum Gasteiger partial charge on any atom is -1.00 e. The van der Waals surface area contributed by atoms with Crippen LogP contribution in [0.5, 0.6) is 0 Å². The number of quaternary nitrogens is 1. The first-order valence-electron chi connectivity index (χ1n) is 9.58. The van der Waals surface area contributed by atoms with E-state index in [1.54, 1.807) is 0 Å². The second-order valence-corrected chi connectivity index (χ2v) is 7.39. The molecule has 0 saturated heterocycles. The molecule has 0 aromatic heterocycles. The van der Waals surface area contributed by atoms with Crippen molar-refractivity contribution >= 4 is 11.6 Å². The van der Waals surface area contributed by atoms with Crippen molar-refractivity contribution in [2.45, 2.75) is 90.9 Å². The average Bonchev–Trinajstić information content (AvgIpc) is 2.47. The van der Waals surface area contributed by atoms with E-state index in [0.29, 0.717) is 0 Å². The molecule has 0 atom stereocenters. The number of rotatable bonds is 16. The Bertz CT molecular complexity index is 194. The van der Waals surface area contributed by atoms with Crippen molar-refractivity contribution in [3.63, 3.8) is 0 Å². The Hall–Kier alpha value is 0.540. The molecular weight excluding hydrogens is 313 g/mol. The van der Waals surface area contributed by atoms with Crippen molar-refractivity contribution in [3.8, 4) is 0 Å². The molecule has 22 heavy (non-hydrogen) atoms. The summed E-state index contributed by atoms with van der Waals surface area (Å²) in [5, 5.41) is 0. The maximum absolute atomic E-state index is 6.03. The second-order valence-electron chi connectivity index (χ2n) is 7.01. The van der Waals surface area contributed by atoms with Gasteiger partial charge >= 0.3 is 0 Å². The van der Waals surface area contributed by atoms with Gasteiger partial charge in [-0.25, -0.2) is 0 Å². The fourth-order valence-corrected chi connectivity index (χ4v) is 3.50. The maximum Gasteiger partial charge on any atom is 0.0922 e. The molecule has 0 aromatic rings. The lowest BCUT2D eigenvalue weighted by Gasteiger charge is -2.34. The van der Waals surface area contributed by atoms with Crippen LogP contribution in [0.25, 0.3) is 0 Å². The Morgan fingerprint density at radius 1 is 0.591 bits per heavy atom. The molecule has 0 bridgehead atoms. The summed E-state index contributed by atoms with van der Waals surface area (Å²) in [4.78, 5) is 0. The lowest BCUT2D eigenvalue weighted by molar-refractivity contribution is -0.907. The highest BCUT2D eigenvalue weighted by Gasteiger charge is 2.19. The Kier molecular flexibility index (Phi) is 20.2. The van der Waals surface area contributed by atoms with E-state index in [2.05, 4.69) is 20.9 Å². The normalized spacial score (nSPS) is 11.5. The summed E-state index contributed by atoms with van der Waals surface area (Å²) in [6.45, 7) is 8.37. The van der Waals surface area contributed by atoms with Crippen molar-refractivity contribution in [2.24, 2.45) is 0 Å². The fourth-order valence-electron chi connectivity index (χ4n) is 3.09. The standard InChI is InChI=1S/C19H41ClN.ClH/c1-4-6-8-10-12-14-17-21(3,19-16-20)18-15-13-11-9-7-5-2;/h4-19H2,1-3H3;1H/q+1;/p-1. The van der Waals surface area contributed by atoms with Crippen molar-refractivity contribution in [3.05, 3.63) is 0 Å². The van der Waals surface area contributed by atoms with E-state index in [1.165, 1.54) is 94.6 Å². The van der Waals surface area contributed by atoms with E-state index in [0.717, 1.165) is 12.4 Å². The van der Waals surface area contributed by atoms with Crippen LogP contribution in [0.3, 0.4) is 0 Å². The Balaban J connectivity index is 0. The molecule has 136 valence electrons. The van der Waals surface area contributed by atoms with Crippen molar-refractivity contribution in [2.75, 3.05) is 32.6 Å². The zero-order valence-corrected chi connectivity index (χ0v) is 17.0. The number of hydrogen-bond acceptors (Lipinski definition) is 0. The molecule has 3 heteroatoms. The number of alkyl halides is 1. The summed E-state index contributed by atoms with van der Waals surface area (Å²) in [5.74, 6) is 0.808. The van der Waals surface area contributed by atoms with Gasteiger partial charge in [0.1, 0.15) is 0 Å². The molecule has 0 rings (SSSR count). The number of halogens is 2. The molecule has 0 aliphatic rings. The monoisotopic (exact) mass is 353 g/mol. The van der Waals surface area contributed by atoms with Crippen LogP contribution in [0, 0.1) is 0 Å². The highest BCUT2D eigenvalue weighted by molar-refractivity contribution is 6.17. The van der Waals surface area contributed by atoms with E-state index in [1.807, 2.05) is 0 Å². The van der Waals surface area contributed by atoms with Crippen LogP contribution >= 0.6 is 11.6 Å². The molecule has 0 radical (unpaired) electrons. The van der Waals surface area contributed by atoms with Crippen LogP contribution in [-0.2, 0) is 0 Å². The van der Waals surface area contributed by atoms with Gasteiger partial charge in [0.2, 0.25) is 0 Å². The molecule has 0 unspecified atom stereocenters. The van der Waals surface area contributed by atoms with E-state index in [-0.39, 0.29) is 12.4 Å². The summed E-state index contributed by atoms with van der Waals surface area (Å²) in [5.41, 5.74) is 0. The predicted octanol–water partition coefficient (Wildman–Crippen LogP) is 3.40. The van der Waals surface area contributed by atoms with Gasteiger partial charge in [-0.2, -0.15) is 0 Å². The van der Waals surface area contributed by atoms with Crippen molar-refractivity contribution in [1.82, 2.24) is 0 Å². The van der Waals surface area contributed by atoms with Crippen LogP contribution in [0.2, 0.25) is 0 Å². The van der Waals surface area contributed by atoms with Gasteiger partial charge in [0.15, 0.2) is 0 Å². The van der Waals surface area contributed by atoms with Crippen LogP contribution < -0.4 is 12.4 Å². The summed E-state index contributed by atoms with van der Waals surface area (Å²) in [6, 6.07) is 0. The van der Waals surface area contributed by atoms with Crippen LogP contribution in [0.15, 0.2) is 0 Å². The first-order valence-corrected chi connectivity index (χ1v) is 10.1. The smallest absolute Gasteiger partial charge is 0.0922 e. The lowest BCUT2D eigenvalue weighted by Crippen LogP contribution is -3.00. The third-order valence-corrected chi connectivity index (χ3v) is 4.90. The summed E-state index contributed by atoms with van der Waals surface area (Å²) in [6.07, 6.45) is 16.8. The second kappa shape index (κ2) is 17.9. The number of hydrogen-bond donors (Lipinski definition) is 0. The fraction of sp³-hybridized carbons (Fsp3) is 1.00. The SMILES string of the molecule is CCCCCCCC[N+](C)(CCCl)CCCCCCCC.[Cl-]. The maximum atomic E-state index is 6.03. The molecule has 0 heterocycles. The van der Waals surface area contributed by atoms with Crippen LogP contribution in [0.1, 0.15) is 90.9 Å². The van der Waals surface area contributed by atoms with Crippen LogP contribution in [-0.4, -0.2) is 37.0 Å². The third kappa shape index (κ3) is 15.4. The summed E-state index contributed by atoms with van der Waals surface area (Å²) in [7, 11) is 2.42. The van der Waals surface area contributed by atoms with Gasteiger partial charge in [-0.1, -0.05) is 65.2 Å². The Morgan fingerprint density at radius 3 is 1.32 bits per heavy atom. The number of unbranched alkanes of at least 4 members (excludes halogenated alkanes) is 10. The first kappa shape index (κ1) is 24.8. The van der Waals surface area contributed by atoms with E-state index in [9.17, 15) is 0 Å². The molecular formula is C19H41Cl2N. The minimum absolute atomic E-state index is 0. The predicted molar refractivity (Wildman–Crippen MR) is 98.3 cm³/mol. The average molecular weight is 354 g/mol. The molecule has 0 aliphatic carbocycles. The minimum atomic E-state index is 0. The van der Waals surface area contributed by atoms with Gasteiger partial charge in [-0.3, -0.25) is 0 Å². The molecule has 1 nitrogen and oxygen atoms in total. The summed E-state index contributed by atoms with van der Waals surface area (Å²) >= 11 is 6.03.